The number of ether oxygens (including phenoxy) is 1. The molecule has 0 atom stereocenters. The molecule has 1 aromatic heterocycles. The second-order valence-electron chi connectivity index (χ2n) is 5.52. The summed E-state index contributed by atoms with van der Waals surface area (Å²) >= 11 is 5.86. The maximum absolute atomic E-state index is 11.8. The van der Waals surface area contributed by atoms with E-state index in [2.05, 4.69) is 10.5 Å². The van der Waals surface area contributed by atoms with Crippen molar-refractivity contribution in [1.82, 2.24) is 5.43 Å². The Kier molecular flexibility index (Phi) is 6.03. The third-order valence-corrected chi connectivity index (χ3v) is 3.81. The lowest BCUT2D eigenvalue weighted by Gasteiger charge is -2.05. The molecule has 0 bridgehead atoms. The van der Waals surface area contributed by atoms with E-state index in [9.17, 15) is 14.9 Å². The van der Waals surface area contributed by atoms with Crippen molar-refractivity contribution in [1.29, 1.82) is 0 Å². The predicted molar refractivity (Wildman–Crippen MR) is 103 cm³/mol. The number of amides is 1. The van der Waals surface area contributed by atoms with Crippen LogP contribution in [0.4, 0.5) is 5.69 Å². The molecule has 0 unspecified atom stereocenters. The van der Waals surface area contributed by atoms with E-state index >= 15 is 0 Å². The van der Waals surface area contributed by atoms with Gasteiger partial charge in [0.1, 0.15) is 11.5 Å². The lowest BCUT2D eigenvalue weighted by Crippen LogP contribution is -2.24. The summed E-state index contributed by atoms with van der Waals surface area (Å²) in [5.74, 6) is 0.498. The van der Waals surface area contributed by atoms with E-state index in [0.29, 0.717) is 16.5 Å². The number of nitro benzene ring substituents is 1. The minimum atomic E-state index is -0.583. The van der Waals surface area contributed by atoms with Gasteiger partial charge in [0, 0.05) is 16.7 Å². The van der Waals surface area contributed by atoms with Gasteiger partial charge in [-0.05, 0) is 42.5 Å². The highest BCUT2D eigenvalue weighted by molar-refractivity contribution is 6.30. The number of benzene rings is 2. The van der Waals surface area contributed by atoms with Gasteiger partial charge in [0.15, 0.2) is 12.4 Å². The Hall–Kier alpha value is -3.65. The van der Waals surface area contributed by atoms with Gasteiger partial charge in [0.05, 0.1) is 11.1 Å². The smallest absolute Gasteiger partial charge is 0.310 e. The molecule has 0 spiro atoms. The first-order valence-electron chi connectivity index (χ1n) is 8.07. The fourth-order valence-corrected chi connectivity index (χ4v) is 2.39. The number of carbonyl (C=O) groups is 1. The minimum Gasteiger partial charge on any atom is -0.477 e. The minimum absolute atomic E-state index is 0.00488. The molecule has 28 heavy (non-hydrogen) atoms. The molecule has 1 heterocycles. The first kappa shape index (κ1) is 19.1. The van der Waals surface area contributed by atoms with Crippen molar-refractivity contribution in [3.8, 4) is 17.1 Å². The SMILES string of the molecule is O=C(COc1ccccc1[N+](=O)[O-])NN=Cc1ccc(-c2ccc(Cl)cc2)o1. The molecule has 2 aromatic carbocycles. The van der Waals surface area contributed by atoms with Crippen molar-refractivity contribution in [3.63, 3.8) is 0 Å². The van der Waals surface area contributed by atoms with Crippen LogP contribution in [0.1, 0.15) is 5.76 Å². The Morgan fingerprint density at radius 3 is 2.68 bits per heavy atom. The molecule has 142 valence electrons. The van der Waals surface area contributed by atoms with E-state index in [1.54, 1.807) is 30.3 Å². The zero-order valence-corrected chi connectivity index (χ0v) is 15.1. The summed E-state index contributed by atoms with van der Waals surface area (Å²) in [6.45, 7) is -0.420. The van der Waals surface area contributed by atoms with E-state index in [-0.39, 0.29) is 11.4 Å². The third-order valence-electron chi connectivity index (χ3n) is 3.56. The van der Waals surface area contributed by atoms with Crippen LogP contribution in [0.15, 0.2) is 70.2 Å². The van der Waals surface area contributed by atoms with Gasteiger partial charge in [-0.3, -0.25) is 14.9 Å². The average molecular weight is 400 g/mol. The van der Waals surface area contributed by atoms with Crippen LogP contribution in [0.2, 0.25) is 5.02 Å². The lowest BCUT2D eigenvalue weighted by atomic mass is 10.2. The normalized spacial score (nSPS) is 10.8. The first-order chi connectivity index (χ1) is 13.5. The fourth-order valence-electron chi connectivity index (χ4n) is 2.27. The van der Waals surface area contributed by atoms with Crippen molar-refractivity contribution >= 4 is 29.4 Å². The largest absolute Gasteiger partial charge is 0.477 e. The highest BCUT2D eigenvalue weighted by atomic mass is 35.5. The van der Waals surface area contributed by atoms with Crippen LogP contribution in [0.3, 0.4) is 0 Å². The number of hydrogen-bond acceptors (Lipinski definition) is 6. The van der Waals surface area contributed by atoms with E-state index in [1.807, 2.05) is 12.1 Å². The first-order valence-corrected chi connectivity index (χ1v) is 8.44. The molecular formula is C19H14ClN3O5. The molecule has 0 aliphatic heterocycles. The molecule has 0 radical (unpaired) electrons. The summed E-state index contributed by atoms with van der Waals surface area (Å²) in [6, 6.07) is 16.4. The van der Waals surface area contributed by atoms with Crippen LogP contribution >= 0.6 is 11.6 Å². The Bertz CT molecular complexity index is 1010. The van der Waals surface area contributed by atoms with Gasteiger partial charge in [-0.25, -0.2) is 5.43 Å². The van der Waals surface area contributed by atoms with Gasteiger partial charge in [0.2, 0.25) is 0 Å². The number of para-hydroxylation sites is 2. The lowest BCUT2D eigenvalue weighted by molar-refractivity contribution is -0.385. The second-order valence-corrected chi connectivity index (χ2v) is 5.95. The molecular weight excluding hydrogens is 386 g/mol. The van der Waals surface area contributed by atoms with Crippen LogP contribution < -0.4 is 10.2 Å². The van der Waals surface area contributed by atoms with Crippen LogP contribution in [0.5, 0.6) is 5.75 Å². The molecule has 0 fully saturated rings. The van der Waals surface area contributed by atoms with Crippen molar-refractivity contribution in [2.45, 2.75) is 0 Å². The number of rotatable bonds is 7. The van der Waals surface area contributed by atoms with Crippen LogP contribution in [0, 0.1) is 10.1 Å². The number of nitro groups is 1. The molecule has 3 rings (SSSR count). The second kappa shape index (κ2) is 8.83. The molecule has 8 nitrogen and oxygen atoms in total. The topological polar surface area (TPSA) is 107 Å². The van der Waals surface area contributed by atoms with Crippen molar-refractivity contribution in [2.75, 3.05) is 6.61 Å². The number of halogens is 1. The number of furan rings is 1. The van der Waals surface area contributed by atoms with Crippen molar-refractivity contribution in [3.05, 3.63) is 81.6 Å². The number of carbonyl (C=O) groups excluding carboxylic acids is 1. The predicted octanol–water partition coefficient (Wildman–Crippen LogP) is 4.04. The van der Waals surface area contributed by atoms with Gasteiger partial charge in [-0.2, -0.15) is 5.10 Å². The maximum atomic E-state index is 11.8. The summed E-state index contributed by atoms with van der Waals surface area (Å²) in [5.41, 5.74) is 2.90. The molecule has 0 saturated heterocycles. The standard InChI is InChI=1S/C19H14ClN3O5/c20-14-7-5-13(6-8-14)17-10-9-15(28-17)11-21-22-19(24)12-27-18-4-2-1-3-16(18)23(25)26/h1-11H,12H2,(H,22,24). The summed E-state index contributed by atoms with van der Waals surface area (Å²) in [5, 5.41) is 15.3. The Labute approximate surface area is 164 Å². The number of nitrogens with one attached hydrogen (secondary N) is 1. The maximum Gasteiger partial charge on any atom is 0.310 e. The molecule has 0 aliphatic carbocycles. The van der Waals surface area contributed by atoms with E-state index in [4.69, 9.17) is 20.8 Å². The highest BCUT2D eigenvalue weighted by Crippen LogP contribution is 2.25. The molecule has 1 amide bonds. The van der Waals surface area contributed by atoms with Crippen LogP contribution in [0.25, 0.3) is 11.3 Å². The van der Waals surface area contributed by atoms with Crippen molar-refractivity contribution in [2.24, 2.45) is 5.10 Å². The summed E-state index contributed by atoms with van der Waals surface area (Å²) in [4.78, 5) is 22.1. The van der Waals surface area contributed by atoms with E-state index in [0.717, 1.165) is 5.56 Å². The van der Waals surface area contributed by atoms with Crippen molar-refractivity contribution < 1.29 is 18.9 Å². The van der Waals surface area contributed by atoms with Gasteiger partial charge < -0.3 is 9.15 Å². The van der Waals surface area contributed by atoms with Crippen LogP contribution in [-0.2, 0) is 4.79 Å². The molecule has 3 aromatic rings. The number of nitrogens with zero attached hydrogens (tertiary/aromatic N) is 2. The van der Waals surface area contributed by atoms with Crippen LogP contribution in [-0.4, -0.2) is 23.7 Å². The highest BCUT2D eigenvalue weighted by Gasteiger charge is 2.14. The zero-order chi connectivity index (χ0) is 19.9. The number of hydrazone groups is 1. The number of hydrogen-bond donors (Lipinski definition) is 1. The van der Waals surface area contributed by atoms with Gasteiger partial charge >= 0.3 is 5.69 Å². The van der Waals surface area contributed by atoms with Gasteiger partial charge in [-0.1, -0.05) is 23.7 Å². The monoisotopic (exact) mass is 399 g/mol. The van der Waals surface area contributed by atoms with Gasteiger partial charge in [-0.15, -0.1) is 0 Å². The van der Waals surface area contributed by atoms with E-state index in [1.165, 1.54) is 24.4 Å². The Balaban J connectivity index is 1.53. The van der Waals surface area contributed by atoms with Gasteiger partial charge in [0.25, 0.3) is 5.91 Å². The summed E-state index contributed by atoms with van der Waals surface area (Å²) in [7, 11) is 0. The zero-order valence-electron chi connectivity index (χ0n) is 14.4. The Morgan fingerprint density at radius 2 is 1.93 bits per heavy atom. The third kappa shape index (κ3) is 4.95. The quantitative estimate of drug-likeness (QED) is 0.366. The molecule has 0 aliphatic rings. The molecule has 9 heteroatoms. The summed E-state index contributed by atoms with van der Waals surface area (Å²) in [6.07, 6.45) is 1.34. The fraction of sp³-hybridized carbons (Fsp3) is 0.0526. The molecule has 1 N–H and O–H groups in total. The summed E-state index contributed by atoms with van der Waals surface area (Å²) < 4.78 is 10.8. The Morgan fingerprint density at radius 1 is 1.18 bits per heavy atom. The average Bonchev–Trinajstić information content (AvgIpc) is 3.16. The molecule has 0 saturated carbocycles. The van der Waals surface area contributed by atoms with E-state index < -0.39 is 17.4 Å².